The summed E-state index contributed by atoms with van der Waals surface area (Å²) in [6.07, 6.45) is 0.749. The standard InChI is InChI=1S/C16H24N2O4S/c1-18-8-11(7-17)5-14(18)12-3-4-15(21-2)16(6-12)22-13-9-23(19,20)10-13/h3-4,6,11,13-14H,5,7-10,17H2,1-2H3. The Morgan fingerprint density at radius 2 is 2.04 bits per heavy atom. The second-order valence-electron chi connectivity index (χ2n) is 6.52. The Morgan fingerprint density at radius 1 is 1.30 bits per heavy atom. The summed E-state index contributed by atoms with van der Waals surface area (Å²) in [4.78, 5) is 2.30. The molecule has 2 atom stereocenters. The molecule has 23 heavy (non-hydrogen) atoms. The maximum Gasteiger partial charge on any atom is 0.162 e. The predicted molar refractivity (Wildman–Crippen MR) is 88.6 cm³/mol. The topological polar surface area (TPSA) is 81.9 Å². The van der Waals surface area contributed by atoms with E-state index in [1.807, 2.05) is 18.2 Å². The number of ether oxygens (including phenoxy) is 2. The van der Waals surface area contributed by atoms with Crippen molar-refractivity contribution in [3.63, 3.8) is 0 Å². The van der Waals surface area contributed by atoms with Crippen LogP contribution < -0.4 is 15.2 Å². The quantitative estimate of drug-likeness (QED) is 0.855. The Labute approximate surface area is 137 Å². The Kier molecular flexibility index (Phi) is 4.53. The van der Waals surface area contributed by atoms with Gasteiger partial charge >= 0.3 is 0 Å². The minimum absolute atomic E-state index is 0.0823. The molecular weight excluding hydrogens is 316 g/mol. The van der Waals surface area contributed by atoms with Crippen molar-refractivity contribution in [2.45, 2.75) is 18.6 Å². The van der Waals surface area contributed by atoms with Gasteiger partial charge in [0.1, 0.15) is 6.10 Å². The highest BCUT2D eigenvalue weighted by Crippen LogP contribution is 2.38. The number of benzene rings is 1. The minimum atomic E-state index is -2.90. The number of likely N-dealkylation sites (tertiary alicyclic amines) is 1. The summed E-state index contributed by atoms with van der Waals surface area (Å²) in [5, 5.41) is 0. The van der Waals surface area contributed by atoms with Crippen molar-refractivity contribution in [1.29, 1.82) is 0 Å². The van der Waals surface area contributed by atoms with Crippen LogP contribution in [0.1, 0.15) is 18.0 Å². The normalized spacial score (nSPS) is 27.6. The van der Waals surface area contributed by atoms with Crippen molar-refractivity contribution in [1.82, 2.24) is 4.90 Å². The van der Waals surface area contributed by atoms with Gasteiger partial charge in [-0.3, -0.25) is 4.90 Å². The molecule has 0 bridgehead atoms. The zero-order valence-corrected chi connectivity index (χ0v) is 14.4. The third kappa shape index (κ3) is 3.46. The Morgan fingerprint density at radius 3 is 2.61 bits per heavy atom. The average molecular weight is 340 g/mol. The number of nitrogens with two attached hydrogens (primary N) is 1. The molecule has 2 N–H and O–H groups in total. The van der Waals surface area contributed by atoms with E-state index in [9.17, 15) is 8.42 Å². The molecule has 2 unspecified atom stereocenters. The first-order valence-corrected chi connectivity index (χ1v) is 9.69. The molecule has 0 aromatic heterocycles. The van der Waals surface area contributed by atoms with Gasteiger partial charge in [0.2, 0.25) is 0 Å². The van der Waals surface area contributed by atoms with Crippen LogP contribution in [0.3, 0.4) is 0 Å². The number of nitrogens with zero attached hydrogens (tertiary/aromatic N) is 1. The summed E-state index contributed by atoms with van der Waals surface area (Å²) in [6, 6.07) is 6.22. The van der Waals surface area contributed by atoms with Gasteiger partial charge in [-0.1, -0.05) is 6.07 Å². The zero-order valence-electron chi connectivity index (χ0n) is 13.6. The highest BCUT2D eigenvalue weighted by molar-refractivity contribution is 7.92. The Bertz CT molecular complexity index is 665. The smallest absolute Gasteiger partial charge is 0.162 e. The minimum Gasteiger partial charge on any atom is -0.493 e. The van der Waals surface area contributed by atoms with Crippen LogP contribution in [0.2, 0.25) is 0 Å². The van der Waals surface area contributed by atoms with E-state index in [0.717, 1.165) is 18.5 Å². The fourth-order valence-electron chi connectivity index (χ4n) is 3.42. The van der Waals surface area contributed by atoms with Gasteiger partial charge in [0.25, 0.3) is 0 Å². The molecule has 7 heteroatoms. The van der Waals surface area contributed by atoms with Gasteiger partial charge in [0.05, 0.1) is 18.6 Å². The molecule has 0 radical (unpaired) electrons. The first kappa shape index (κ1) is 16.5. The van der Waals surface area contributed by atoms with Gasteiger partial charge in [-0.05, 0) is 43.6 Å². The fourth-order valence-corrected chi connectivity index (χ4v) is 4.60. The molecule has 2 aliphatic heterocycles. The summed E-state index contributed by atoms with van der Waals surface area (Å²) in [7, 11) is 0.786. The third-order valence-electron chi connectivity index (χ3n) is 4.71. The second-order valence-corrected chi connectivity index (χ2v) is 8.67. The molecule has 0 aliphatic carbocycles. The molecule has 3 rings (SSSR count). The van der Waals surface area contributed by atoms with E-state index in [0.29, 0.717) is 30.0 Å². The molecule has 0 spiro atoms. The average Bonchev–Trinajstić information content (AvgIpc) is 2.86. The Hall–Kier alpha value is -1.31. The van der Waals surface area contributed by atoms with E-state index >= 15 is 0 Å². The third-order valence-corrected chi connectivity index (χ3v) is 6.47. The molecule has 2 saturated heterocycles. The van der Waals surface area contributed by atoms with Crippen LogP contribution in [-0.2, 0) is 9.84 Å². The van der Waals surface area contributed by atoms with Crippen LogP contribution in [0, 0.1) is 5.92 Å². The van der Waals surface area contributed by atoms with E-state index in [-0.39, 0.29) is 17.6 Å². The summed E-state index contributed by atoms with van der Waals surface area (Å²) in [5.41, 5.74) is 6.95. The lowest BCUT2D eigenvalue weighted by molar-refractivity contribution is 0.218. The zero-order chi connectivity index (χ0) is 16.6. The monoisotopic (exact) mass is 340 g/mol. The van der Waals surface area contributed by atoms with E-state index in [1.54, 1.807) is 7.11 Å². The van der Waals surface area contributed by atoms with E-state index in [2.05, 4.69) is 11.9 Å². The largest absolute Gasteiger partial charge is 0.493 e. The first-order chi connectivity index (χ1) is 10.9. The van der Waals surface area contributed by atoms with Gasteiger partial charge in [0.15, 0.2) is 21.3 Å². The summed E-state index contributed by atoms with van der Waals surface area (Å²) in [6.45, 7) is 1.69. The van der Waals surface area contributed by atoms with Gasteiger partial charge in [-0.15, -0.1) is 0 Å². The van der Waals surface area contributed by atoms with Crippen molar-refractivity contribution in [3.05, 3.63) is 23.8 Å². The maximum atomic E-state index is 11.3. The first-order valence-electron chi connectivity index (χ1n) is 7.87. The van der Waals surface area contributed by atoms with Crippen LogP contribution in [0.25, 0.3) is 0 Å². The van der Waals surface area contributed by atoms with Crippen molar-refractivity contribution < 1.29 is 17.9 Å². The molecule has 2 heterocycles. The molecule has 1 aromatic rings. The van der Waals surface area contributed by atoms with Gasteiger partial charge < -0.3 is 15.2 Å². The summed E-state index contributed by atoms with van der Waals surface area (Å²) in [5.74, 6) is 1.93. The highest BCUT2D eigenvalue weighted by Gasteiger charge is 2.36. The molecule has 6 nitrogen and oxygen atoms in total. The molecule has 2 fully saturated rings. The predicted octanol–water partition coefficient (Wildman–Crippen LogP) is 0.822. The SMILES string of the molecule is COc1ccc(C2CC(CN)CN2C)cc1OC1CS(=O)(=O)C1. The molecule has 0 saturated carbocycles. The number of sulfone groups is 1. The lowest BCUT2D eigenvalue weighted by Crippen LogP contribution is -2.45. The maximum absolute atomic E-state index is 11.3. The van der Waals surface area contributed by atoms with Gasteiger partial charge in [-0.2, -0.15) is 0 Å². The molecule has 128 valence electrons. The Balaban J connectivity index is 1.79. The van der Waals surface area contributed by atoms with Gasteiger partial charge in [-0.25, -0.2) is 8.42 Å². The summed E-state index contributed by atoms with van der Waals surface area (Å²) >= 11 is 0. The van der Waals surface area contributed by atoms with Crippen LogP contribution in [0.4, 0.5) is 0 Å². The second kappa shape index (κ2) is 6.30. The van der Waals surface area contributed by atoms with Crippen molar-refractivity contribution in [2.75, 3.05) is 38.8 Å². The van der Waals surface area contributed by atoms with Crippen molar-refractivity contribution >= 4 is 9.84 Å². The van der Waals surface area contributed by atoms with Gasteiger partial charge in [0, 0.05) is 12.6 Å². The number of hydrogen-bond donors (Lipinski definition) is 1. The lowest BCUT2D eigenvalue weighted by Gasteiger charge is -2.28. The van der Waals surface area contributed by atoms with Crippen LogP contribution in [0.5, 0.6) is 11.5 Å². The fraction of sp³-hybridized carbons (Fsp3) is 0.625. The molecule has 0 amide bonds. The molecular formula is C16H24N2O4S. The highest BCUT2D eigenvalue weighted by atomic mass is 32.2. The molecule has 2 aliphatic rings. The number of rotatable bonds is 5. The van der Waals surface area contributed by atoms with Crippen molar-refractivity contribution in [3.8, 4) is 11.5 Å². The van der Waals surface area contributed by atoms with Crippen LogP contribution in [-0.4, -0.2) is 58.2 Å². The van der Waals surface area contributed by atoms with Crippen LogP contribution >= 0.6 is 0 Å². The number of methoxy groups -OCH3 is 1. The number of hydrogen-bond acceptors (Lipinski definition) is 6. The van der Waals surface area contributed by atoms with Crippen LogP contribution in [0.15, 0.2) is 18.2 Å². The van der Waals surface area contributed by atoms with E-state index in [4.69, 9.17) is 15.2 Å². The van der Waals surface area contributed by atoms with E-state index in [1.165, 1.54) is 0 Å². The summed E-state index contributed by atoms with van der Waals surface area (Å²) < 4.78 is 33.8. The van der Waals surface area contributed by atoms with E-state index < -0.39 is 9.84 Å². The van der Waals surface area contributed by atoms with Crippen molar-refractivity contribution in [2.24, 2.45) is 11.7 Å². The lowest BCUT2D eigenvalue weighted by atomic mass is 9.99. The molecule has 1 aromatic carbocycles.